The minimum Gasteiger partial charge on any atom is -0.376 e. The van der Waals surface area contributed by atoms with Crippen molar-refractivity contribution in [2.45, 2.75) is 59.5 Å². The summed E-state index contributed by atoms with van der Waals surface area (Å²) in [7, 11) is 0. The molecule has 0 saturated heterocycles. The molecule has 0 aliphatic heterocycles. The molecule has 0 radical (unpaired) electrons. The number of hydrogen-bond donors (Lipinski definition) is 3. The van der Waals surface area contributed by atoms with E-state index in [1.165, 1.54) is 11.1 Å². The summed E-state index contributed by atoms with van der Waals surface area (Å²) in [5.41, 5.74) is 4.29. The molecule has 0 spiro atoms. The fourth-order valence-electron chi connectivity index (χ4n) is 2.86. The molecule has 6 heteroatoms. The Kier molecular flexibility index (Phi) is 7.90. The van der Waals surface area contributed by atoms with Gasteiger partial charge in [-0.05, 0) is 75.9 Å². The van der Waals surface area contributed by atoms with E-state index in [0.29, 0.717) is 16.3 Å². The number of aryl methyl sites for hydroxylation is 2. The Morgan fingerprint density at radius 3 is 2.37 bits per heavy atom. The maximum absolute atomic E-state index is 12.4. The third-order valence-corrected chi connectivity index (χ3v) is 5.72. The van der Waals surface area contributed by atoms with Crippen molar-refractivity contribution in [3.8, 4) is 0 Å². The first-order valence-electron chi connectivity index (χ1n) is 10.2. The molecule has 0 aliphatic carbocycles. The Bertz CT molecular complexity index is 925. The molecule has 30 heavy (non-hydrogen) atoms. The minimum absolute atomic E-state index is 0.0878. The smallest absolute Gasteiger partial charge is 0.253 e. The number of benzene rings is 2. The van der Waals surface area contributed by atoms with E-state index in [1.807, 2.05) is 33.8 Å². The highest BCUT2D eigenvalue weighted by molar-refractivity contribution is 6.34. The second-order valence-corrected chi connectivity index (χ2v) is 8.78. The number of amides is 2. The van der Waals surface area contributed by atoms with E-state index in [2.05, 4.69) is 41.9 Å². The van der Waals surface area contributed by atoms with Crippen LogP contribution in [0.25, 0.3) is 0 Å². The van der Waals surface area contributed by atoms with E-state index >= 15 is 0 Å². The van der Waals surface area contributed by atoms with Crippen LogP contribution in [0.2, 0.25) is 5.02 Å². The fourth-order valence-corrected chi connectivity index (χ4v) is 3.13. The van der Waals surface area contributed by atoms with E-state index in [9.17, 15) is 9.59 Å². The van der Waals surface area contributed by atoms with E-state index in [-0.39, 0.29) is 29.9 Å². The zero-order valence-corrected chi connectivity index (χ0v) is 19.4. The van der Waals surface area contributed by atoms with Gasteiger partial charge >= 0.3 is 0 Å². The maximum atomic E-state index is 12.4. The number of hydrogen-bond acceptors (Lipinski definition) is 3. The summed E-state index contributed by atoms with van der Waals surface area (Å²) in [6.07, 6.45) is 0.811. The minimum atomic E-state index is -0.303. The first-order chi connectivity index (χ1) is 14.0. The first-order valence-corrected chi connectivity index (χ1v) is 10.6. The highest BCUT2D eigenvalue weighted by Gasteiger charge is 2.20. The van der Waals surface area contributed by atoms with Crippen LogP contribution in [0.5, 0.6) is 0 Å². The van der Waals surface area contributed by atoms with Crippen molar-refractivity contribution in [3.63, 3.8) is 0 Å². The van der Waals surface area contributed by atoms with Gasteiger partial charge in [0.2, 0.25) is 5.91 Å². The first kappa shape index (κ1) is 23.7. The van der Waals surface area contributed by atoms with Crippen LogP contribution in [0.3, 0.4) is 0 Å². The molecule has 0 saturated carbocycles. The number of nitrogens with one attached hydrogen (secondary N) is 3. The number of carbonyl (C=O) groups is 2. The molecule has 1 atom stereocenters. The second kappa shape index (κ2) is 9.98. The molecule has 2 amide bonds. The highest BCUT2D eigenvalue weighted by Crippen LogP contribution is 2.22. The Labute approximate surface area is 184 Å². The quantitative estimate of drug-likeness (QED) is 0.542. The lowest BCUT2D eigenvalue weighted by Crippen LogP contribution is -2.42. The summed E-state index contributed by atoms with van der Waals surface area (Å²) in [5, 5.41) is 9.36. The van der Waals surface area contributed by atoms with Crippen molar-refractivity contribution in [2.75, 3.05) is 11.9 Å². The molecule has 2 aromatic carbocycles. The van der Waals surface area contributed by atoms with E-state index in [0.717, 1.165) is 12.0 Å². The molecule has 0 heterocycles. The van der Waals surface area contributed by atoms with Crippen molar-refractivity contribution >= 4 is 29.1 Å². The molecule has 0 aliphatic rings. The van der Waals surface area contributed by atoms with Crippen molar-refractivity contribution in [2.24, 2.45) is 0 Å². The average molecular weight is 430 g/mol. The molecule has 2 rings (SSSR count). The Hall–Kier alpha value is -2.53. The van der Waals surface area contributed by atoms with Gasteiger partial charge in [-0.2, -0.15) is 0 Å². The predicted molar refractivity (Wildman–Crippen MR) is 124 cm³/mol. The van der Waals surface area contributed by atoms with Crippen LogP contribution >= 0.6 is 11.6 Å². The van der Waals surface area contributed by atoms with E-state index in [4.69, 9.17) is 11.6 Å². The monoisotopic (exact) mass is 429 g/mol. The molecule has 3 N–H and O–H groups in total. The summed E-state index contributed by atoms with van der Waals surface area (Å²) in [6.45, 7) is 12.1. The van der Waals surface area contributed by atoms with Crippen LogP contribution in [-0.2, 0) is 4.79 Å². The molecule has 2 aromatic rings. The average Bonchev–Trinajstić information content (AvgIpc) is 2.68. The lowest BCUT2D eigenvalue weighted by molar-refractivity contribution is -0.120. The lowest BCUT2D eigenvalue weighted by atomic mass is 10.0. The maximum Gasteiger partial charge on any atom is 0.253 e. The van der Waals surface area contributed by atoms with Gasteiger partial charge in [0, 0.05) is 11.2 Å². The Balaban J connectivity index is 1.94. The molecule has 1 unspecified atom stereocenters. The van der Waals surface area contributed by atoms with Gasteiger partial charge in [0.15, 0.2) is 0 Å². The van der Waals surface area contributed by atoms with Gasteiger partial charge in [0.05, 0.1) is 23.2 Å². The summed E-state index contributed by atoms with van der Waals surface area (Å²) in [5.74, 6) is -0.332. The zero-order valence-electron chi connectivity index (χ0n) is 18.7. The predicted octanol–water partition coefficient (Wildman–Crippen LogP) is 5.16. The van der Waals surface area contributed by atoms with Crippen molar-refractivity contribution < 1.29 is 9.59 Å². The highest BCUT2D eigenvalue weighted by atomic mass is 35.5. The fraction of sp³-hybridized carbons (Fsp3) is 0.417. The van der Waals surface area contributed by atoms with Crippen LogP contribution in [-0.4, -0.2) is 23.9 Å². The largest absolute Gasteiger partial charge is 0.376 e. The van der Waals surface area contributed by atoms with Gasteiger partial charge in [-0.1, -0.05) is 36.7 Å². The normalized spacial score (nSPS) is 12.2. The third kappa shape index (κ3) is 6.49. The van der Waals surface area contributed by atoms with Crippen molar-refractivity contribution in [1.29, 1.82) is 0 Å². The molecule has 162 valence electrons. The van der Waals surface area contributed by atoms with Crippen LogP contribution in [0, 0.1) is 13.8 Å². The zero-order chi connectivity index (χ0) is 22.5. The number of rotatable bonds is 8. The Morgan fingerprint density at radius 1 is 1.07 bits per heavy atom. The van der Waals surface area contributed by atoms with Crippen molar-refractivity contribution in [3.05, 3.63) is 63.7 Å². The van der Waals surface area contributed by atoms with E-state index < -0.39 is 0 Å². The van der Waals surface area contributed by atoms with Gasteiger partial charge in [0.25, 0.3) is 5.91 Å². The lowest BCUT2D eigenvalue weighted by Gasteiger charge is -2.24. The van der Waals surface area contributed by atoms with Crippen LogP contribution in [0.15, 0.2) is 36.4 Å². The van der Waals surface area contributed by atoms with Crippen LogP contribution in [0.4, 0.5) is 5.69 Å². The SMILES string of the molecule is CCC(C)(C)NC(=O)c1ccc(NCC(=O)NC(C)c2ccc(C)c(C)c2)cc1Cl. The van der Waals surface area contributed by atoms with Crippen molar-refractivity contribution in [1.82, 2.24) is 10.6 Å². The molecular weight excluding hydrogens is 398 g/mol. The van der Waals surface area contributed by atoms with Gasteiger partial charge in [-0.25, -0.2) is 0 Å². The molecular formula is C24H32ClN3O2. The number of anilines is 1. The van der Waals surface area contributed by atoms with Crippen LogP contribution < -0.4 is 16.0 Å². The molecule has 0 fully saturated rings. The topological polar surface area (TPSA) is 70.2 Å². The number of carbonyl (C=O) groups excluding carboxylic acids is 2. The standard InChI is InChI=1S/C24H32ClN3O2/c1-7-24(5,6)28-23(30)20-11-10-19(13-21(20)25)26-14-22(29)27-17(4)18-9-8-15(2)16(3)12-18/h8-13,17,26H,7,14H2,1-6H3,(H,27,29)(H,28,30). The summed E-state index contributed by atoms with van der Waals surface area (Å²) in [4.78, 5) is 24.8. The van der Waals surface area contributed by atoms with Gasteiger partial charge < -0.3 is 16.0 Å². The number of halogens is 1. The van der Waals surface area contributed by atoms with Gasteiger partial charge in [0.1, 0.15) is 0 Å². The van der Waals surface area contributed by atoms with Gasteiger partial charge in [-0.15, -0.1) is 0 Å². The molecule has 5 nitrogen and oxygen atoms in total. The second-order valence-electron chi connectivity index (χ2n) is 8.37. The molecule has 0 bridgehead atoms. The van der Waals surface area contributed by atoms with Gasteiger partial charge in [-0.3, -0.25) is 9.59 Å². The van der Waals surface area contributed by atoms with Crippen LogP contribution in [0.1, 0.15) is 67.2 Å². The Morgan fingerprint density at radius 2 is 1.77 bits per heavy atom. The summed E-state index contributed by atoms with van der Waals surface area (Å²) in [6, 6.07) is 11.2. The summed E-state index contributed by atoms with van der Waals surface area (Å²) >= 11 is 6.30. The third-order valence-electron chi connectivity index (χ3n) is 5.41. The summed E-state index contributed by atoms with van der Waals surface area (Å²) < 4.78 is 0. The molecule has 0 aromatic heterocycles. The van der Waals surface area contributed by atoms with E-state index in [1.54, 1.807) is 18.2 Å².